The van der Waals surface area contributed by atoms with Crippen molar-refractivity contribution in [3.63, 3.8) is 0 Å². The Morgan fingerprint density at radius 3 is 2.83 bits per heavy atom. The number of hydrogen-bond acceptors (Lipinski definition) is 3. The molecule has 1 aliphatic rings. The molecule has 4 rings (SSSR count). The molecule has 0 radical (unpaired) electrons. The van der Waals surface area contributed by atoms with Gasteiger partial charge >= 0.3 is 0 Å². The number of pyridine rings is 1. The van der Waals surface area contributed by atoms with Gasteiger partial charge < -0.3 is 4.90 Å². The van der Waals surface area contributed by atoms with Crippen molar-refractivity contribution in [2.45, 2.75) is 5.92 Å². The van der Waals surface area contributed by atoms with Gasteiger partial charge in [0.05, 0.1) is 17.5 Å². The largest absolute Gasteiger partial charge is 0.337 e. The van der Waals surface area contributed by atoms with E-state index in [0.29, 0.717) is 29.9 Å². The summed E-state index contributed by atoms with van der Waals surface area (Å²) < 4.78 is 13.4. The number of amides is 1. The van der Waals surface area contributed by atoms with Crippen molar-refractivity contribution >= 4 is 5.91 Å². The van der Waals surface area contributed by atoms with Crippen LogP contribution in [0.1, 0.15) is 22.0 Å². The molecule has 0 saturated carbocycles. The fourth-order valence-electron chi connectivity index (χ4n) is 2.93. The molecule has 0 atom stereocenters. The molecule has 2 aromatic heterocycles. The first-order valence-electron chi connectivity index (χ1n) is 7.72. The van der Waals surface area contributed by atoms with E-state index in [2.05, 4.69) is 15.2 Å². The Bertz CT molecular complexity index is 871. The van der Waals surface area contributed by atoms with E-state index in [1.807, 2.05) is 18.2 Å². The van der Waals surface area contributed by atoms with E-state index < -0.39 is 0 Å². The van der Waals surface area contributed by atoms with Crippen LogP contribution in [-0.2, 0) is 0 Å². The first kappa shape index (κ1) is 14.6. The minimum Gasteiger partial charge on any atom is -0.337 e. The fraction of sp³-hybridized carbons (Fsp3) is 0.167. The van der Waals surface area contributed by atoms with Gasteiger partial charge in [-0.3, -0.25) is 14.9 Å². The van der Waals surface area contributed by atoms with E-state index in [1.165, 1.54) is 18.3 Å². The third kappa shape index (κ3) is 2.56. The van der Waals surface area contributed by atoms with Crippen LogP contribution in [-0.4, -0.2) is 39.1 Å². The van der Waals surface area contributed by atoms with Gasteiger partial charge in [0.25, 0.3) is 5.91 Å². The molecule has 0 aliphatic carbocycles. The number of rotatable bonds is 3. The molecule has 6 heteroatoms. The molecule has 0 spiro atoms. The zero-order valence-electron chi connectivity index (χ0n) is 12.8. The number of nitrogens with zero attached hydrogens (tertiary/aromatic N) is 3. The quantitative estimate of drug-likeness (QED) is 0.806. The summed E-state index contributed by atoms with van der Waals surface area (Å²) in [7, 11) is 0. The number of likely N-dealkylation sites (tertiary alicyclic amines) is 1. The highest BCUT2D eigenvalue weighted by atomic mass is 19.1. The maximum Gasteiger partial charge on any atom is 0.257 e. The maximum absolute atomic E-state index is 13.4. The molecule has 1 aromatic carbocycles. The number of aromatic nitrogens is 3. The highest BCUT2D eigenvalue weighted by Gasteiger charge is 2.34. The van der Waals surface area contributed by atoms with Crippen LogP contribution in [0.15, 0.2) is 54.9 Å². The number of benzene rings is 1. The molecule has 3 aromatic rings. The molecular formula is C18H15FN4O. The van der Waals surface area contributed by atoms with Crippen LogP contribution in [0, 0.1) is 5.82 Å². The lowest BCUT2D eigenvalue weighted by Gasteiger charge is -2.38. The molecule has 1 aliphatic heterocycles. The highest BCUT2D eigenvalue weighted by molar-refractivity contribution is 6.00. The Hall–Kier alpha value is -3.02. The van der Waals surface area contributed by atoms with E-state index in [-0.39, 0.29) is 17.6 Å². The molecule has 0 bridgehead atoms. The summed E-state index contributed by atoms with van der Waals surface area (Å²) in [6.07, 6.45) is 3.26. The van der Waals surface area contributed by atoms with Gasteiger partial charge in [-0.25, -0.2) is 4.39 Å². The van der Waals surface area contributed by atoms with Crippen molar-refractivity contribution in [2.75, 3.05) is 13.1 Å². The van der Waals surface area contributed by atoms with Gasteiger partial charge in [-0.1, -0.05) is 18.2 Å². The topological polar surface area (TPSA) is 61.9 Å². The van der Waals surface area contributed by atoms with E-state index in [1.54, 1.807) is 23.2 Å². The first-order valence-corrected chi connectivity index (χ1v) is 7.72. The Balaban J connectivity index is 1.52. The molecule has 0 unspecified atom stereocenters. The summed E-state index contributed by atoms with van der Waals surface area (Å²) in [5.74, 6) is -0.186. The average molecular weight is 322 g/mol. The zero-order valence-corrected chi connectivity index (χ0v) is 12.8. The molecule has 120 valence electrons. The van der Waals surface area contributed by atoms with Gasteiger partial charge in [-0.05, 0) is 24.3 Å². The monoisotopic (exact) mass is 322 g/mol. The van der Waals surface area contributed by atoms with Crippen LogP contribution in [0.25, 0.3) is 11.3 Å². The van der Waals surface area contributed by atoms with Crippen molar-refractivity contribution in [1.29, 1.82) is 0 Å². The standard InChI is InChI=1S/C18H15FN4O/c19-14-5-3-4-12(8-14)17-15(9-21-22-17)18(24)23-10-13(11-23)16-6-1-2-7-20-16/h1-9,13H,10-11H2,(H,21,22). The second-order valence-corrected chi connectivity index (χ2v) is 5.83. The highest BCUT2D eigenvalue weighted by Crippen LogP contribution is 2.29. The molecule has 1 saturated heterocycles. The third-order valence-electron chi connectivity index (χ3n) is 4.26. The summed E-state index contributed by atoms with van der Waals surface area (Å²) in [6.45, 7) is 1.26. The fourth-order valence-corrected chi connectivity index (χ4v) is 2.93. The van der Waals surface area contributed by atoms with Gasteiger partial charge in [-0.15, -0.1) is 0 Å². The Labute approximate surface area is 138 Å². The average Bonchev–Trinajstić information content (AvgIpc) is 3.04. The lowest BCUT2D eigenvalue weighted by molar-refractivity contribution is 0.0599. The Kier molecular flexibility index (Phi) is 3.57. The molecule has 5 nitrogen and oxygen atoms in total. The van der Waals surface area contributed by atoms with Crippen molar-refractivity contribution in [2.24, 2.45) is 0 Å². The number of carbonyl (C=O) groups is 1. The summed E-state index contributed by atoms with van der Waals surface area (Å²) in [4.78, 5) is 18.8. The normalized spacial score (nSPS) is 14.5. The maximum atomic E-state index is 13.4. The predicted octanol–water partition coefficient (Wildman–Crippen LogP) is 2.85. The van der Waals surface area contributed by atoms with Crippen molar-refractivity contribution in [3.05, 3.63) is 71.9 Å². The van der Waals surface area contributed by atoms with Crippen LogP contribution in [0.4, 0.5) is 4.39 Å². The SMILES string of the molecule is O=C(c1cn[nH]c1-c1cccc(F)c1)N1CC(c2ccccn2)C1. The minimum atomic E-state index is -0.348. The number of halogens is 1. The van der Waals surface area contributed by atoms with Gasteiger partial charge in [-0.2, -0.15) is 5.10 Å². The second-order valence-electron chi connectivity index (χ2n) is 5.83. The summed E-state index contributed by atoms with van der Waals surface area (Å²) in [6, 6.07) is 11.9. The number of aromatic amines is 1. The lowest BCUT2D eigenvalue weighted by atomic mass is 9.94. The van der Waals surface area contributed by atoms with Crippen molar-refractivity contribution < 1.29 is 9.18 Å². The van der Waals surface area contributed by atoms with Crippen LogP contribution in [0.5, 0.6) is 0 Å². The summed E-state index contributed by atoms with van der Waals surface area (Å²) >= 11 is 0. The smallest absolute Gasteiger partial charge is 0.257 e. The van der Waals surface area contributed by atoms with Crippen molar-refractivity contribution in [3.8, 4) is 11.3 Å². The molecule has 1 N–H and O–H groups in total. The predicted molar refractivity (Wildman–Crippen MR) is 86.9 cm³/mol. The van der Waals surface area contributed by atoms with Gasteiger partial charge in [0.2, 0.25) is 0 Å². The number of H-pyrrole nitrogens is 1. The molecule has 1 amide bonds. The molecular weight excluding hydrogens is 307 g/mol. The minimum absolute atomic E-state index is 0.102. The van der Waals surface area contributed by atoms with Gasteiger partial charge in [0, 0.05) is 36.5 Å². The molecule has 24 heavy (non-hydrogen) atoms. The summed E-state index contributed by atoms with van der Waals surface area (Å²) in [5, 5.41) is 6.76. The first-order chi connectivity index (χ1) is 11.7. The van der Waals surface area contributed by atoms with Crippen LogP contribution in [0.2, 0.25) is 0 Å². The molecule has 1 fully saturated rings. The van der Waals surface area contributed by atoms with Gasteiger partial charge in [0.1, 0.15) is 5.82 Å². The number of hydrogen-bond donors (Lipinski definition) is 1. The van der Waals surface area contributed by atoms with Crippen LogP contribution in [0.3, 0.4) is 0 Å². The van der Waals surface area contributed by atoms with Gasteiger partial charge in [0.15, 0.2) is 0 Å². The number of nitrogens with one attached hydrogen (secondary N) is 1. The second kappa shape index (κ2) is 5.88. The van der Waals surface area contributed by atoms with Crippen molar-refractivity contribution in [1.82, 2.24) is 20.1 Å². The summed E-state index contributed by atoms with van der Waals surface area (Å²) in [5.41, 5.74) is 2.61. The zero-order chi connectivity index (χ0) is 16.5. The van der Waals surface area contributed by atoms with Crippen LogP contribution < -0.4 is 0 Å². The van der Waals surface area contributed by atoms with E-state index in [4.69, 9.17) is 0 Å². The van der Waals surface area contributed by atoms with Crippen LogP contribution >= 0.6 is 0 Å². The lowest BCUT2D eigenvalue weighted by Crippen LogP contribution is -2.48. The Morgan fingerprint density at radius 2 is 2.08 bits per heavy atom. The Morgan fingerprint density at radius 1 is 1.21 bits per heavy atom. The van der Waals surface area contributed by atoms with E-state index >= 15 is 0 Å². The van der Waals surface area contributed by atoms with E-state index in [9.17, 15) is 9.18 Å². The third-order valence-corrected chi connectivity index (χ3v) is 4.26. The van der Waals surface area contributed by atoms with E-state index in [0.717, 1.165) is 5.69 Å². The molecule has 3 heterocycles. The number of carbonyl (C=O) groups excluding carboxylic acids is 1.